The van der Waals surface area contributed by atoms with Gasteiger partial charge in [0.05, 0.1) is 39.8 Å². The van der Waals surface area contributed by atoms with E-state index in [1.165, 1.54) is 0 Å². The molecule has 0 unspecified atom stereocenters. The molecule has 0 amide bonds. The van der Waals surface area contributed by atoms with Crippen molar-refractivity contribution in [3.8, 4) is 28.0 Å². The molecule has 0 spiro atoms. The zero-order chi connectivity index (χ0) is 23.3. The second-order valence-corrected chi connectivity index (χ2v) is 10.4. The van der Waals surface area contributed by atoms with Crippen molar-refractivity contribution >= 4 is 22.5 Å². The number of aliphatic hydroxyl groups is 1. The van der Waals surface area contributed by atoms with Crippen molar-refractivity contribution in [3.63, 3.8) is 0 Å². The largest absolute Gasteiger partial charge is 0.390 e. The number of rotatable bonds is 6. The van der Waals surface area contributed by atoms with Crippen LogP contribution in [0, 0.1) is 17.2 Å². The van der Waals surface area contributed by atoms with Gasteiger partial charge >= 0.3 is 0 Å². The van der Waals surface area contributed by atoms with Crippen molar-refractivity contribution in [3.05, 3.63) is 47.2 Å². The number of nitriles is 1. The molecule has 0 bridgehead atoms. The van der Waals surface area contributed by atoms with Crippen molar-refractivity contribution in [2.24, 2.45) is 5.92 Å². The number of hydrogen-bond donors (Lipinski definition) is 2. The highest BCUT2D eigenvalue weighted by atomic mass is 32.1. The van der Waals surface area contributed by atoms with E-state index in [1.54, 1.807) is 28.1 Å². The van der Waals surface area contributed by atoms with Gasteiger partial charge in [0.2, 0.25) is 0 Å². The Morgan fingerprint density at radius 2 is 2.06 bits per heavy atom. The highest BCUT2D eigenvalue weighted by molar-refractivity contribution is 7.14. The maximum atomic E-state index is 10.3. The van der Waals surface area contributed by atoms with E-state index in [2.05, 4.69) is 40.5 Å². The number of nitrogens with one attached hydrogen (secondary N) is 1. The van der Waals surface area contributed by atoms with E-state index < -0.39 is 5.60 Å². The fourth-order valence-electron chi connectivity index (χ4n) is 4.19. The highest BCUT2D eigenvalue weighted by Crippen LogP contribution is 2.54. The molecule has 0 radical (unpaired) electrons. The summed E-state index contributed by atoms with van der Waals surface area (Å²) in [5.41, 5.74) is 4.10. The minimum absolute atomic E-state index is 0.217. The molecule has 4 aromatic heterocycles. The summed E-state index contributed by atoms with van der Waals surface area (Å²) >= 11 is 1.57. The van der Waals surface area contributed by atoms with Crippen LogP contribution in [0.3, 0.4) is 0 Å². The van der Waals surface area contributed by atoms with Crippen LogP contribution in [-0.2, 0) is 0 Å². The first-order valence-electron chi connectivity index (χ1n) is 11.0. The molecular formula is C24H25N7OS. The number of hydrogen-bond acceptors (Lipinski definition) is 8. The van der Waals surface area contributed by atoms with Gasteiger partial charge in [-0.05, 0) is 64.3 Å². The number of fused-ring (bicyclic) bond motifs is 1. The third kappa shape index (κ3) is 4.08. The lowest BCUT2D eigenvalue weighted by Gasteiger charge is -2.16. The first-order chi connectivity index (χ1) is 15.7. The van der Waals surface area contributed by atoms with E-state index in [0.717, 1.165) is 44.6 Å². The molecule has 0 aliphatic heterocycles. The molecule has 8 nitrogen and oxygen atoms in total. The van der Waals surface area contributed by atoms with Crippen LogP contribution in [-0.4, -0.2) is 41.5 Å². The summed E-state index contributed by atoms with van der Waals surface area (Å²) < 4.78 is 1.79. The van der Waals surface area contributed by atoms with Crippen molar-refractivity contribution in [1.82, 2.24) is 24.8 Å². The van der Waals surface area contributed by atoms with E-state index in [9.17, 15) is 5.11 Å². The van der Waals surface area contributed by atoms with E-state index in [4.69, 9.17) is 10.2 Å². The van der Waals surface area contributed by atoms with E-state index in [-0.39, 0.29) is 17.9 Å². The minimum atomic E-state index is -0.702. The molecule has 0 aromatic carbocycles. The topological polar surface area (TPSA) is 112 Å². The van der Waals surface area contributed by atoms with Gasteiger partial charge in [0.1, 0.15) is 11.1 Å². The van der Waals surface area contributed by atoms with E-state index >= 15 is 0 Å². The maximum absolute atomic E-state index is 10.3. The monoisotopic (exact) mass is 459 g/mol. The van der Waals surface area contributed by atoms with E-state index in [1.807, 2.05) is 38.2 Å². The first kappa shape index (κ1) is 21.5. The SMILES string of the molecule is CC(C)Nc1cc(-c2ccc3cc(C#N)cnn23)ncc1-c1nnc([C@@H]2C[C@H]2C(C)(C)O)s1. The molecule has 5 rings (SSSR count). The van der Waals surface area contributed by atoms with Crippen LogP contribution in [0.5, 0.6) is 0 Å². The Morgan fingerprint density at radius 1 is 1.24 bits per heavy atom. The zero-order valence-corrected chi connectivity index (χ0v) is 19.8. The van der Waals surface area contributed by atoms with Gasteiger partial charge < -0.3 is 10.4 Å². The molecule has 4 heterocycles. The number of pyridine rings is 1. The molecule has 168 valence electrons. The van der Waals surface area contributed by atoms with Gasteiger partial charge in [0, 0.05) is 23.8 Å². The fourth-order valence-corrected chi connectivity index (χ4v) is 5.24. The lowest BCUT2D eigenvalue weighted by atomic mass is 10.0. The smallest absolute Gasteiger partial charge is 0.151 e. The Balaban J connectivity index is 1.51. The van der Waals surface area contributed by atoms with Gasteiger partial charge in [-0.2, -0.15) is 10.4 Å². The Bertz CT molecular complexity index is 1380. The number of aromatic nitrogens is 5. The second-order valence-electron chi connectivity index (χ2n) is 9.37. The molecule has 9 heteroatoms. The highest BCUT2D eigenvalue weighted by Gasteiger charge is 2.49. The summed E-state index contributed by atoms with van der Waals surface area (Å²) in [5.74, 6) is 0.491. The predicted octanol–water partition coefficient (Wildman–Crippen LogP) is 4.48. The lowest BCUT2D eigenvalue weighted by Crippen LogP contribution is -2.22. The quantitative estimate of drug-likeness (QED) is 0.437. The lowest BCUT2D eigenvalue weighted by molar-refractivity contribution is 0.0546. The van der Waals surface area contributed by atoms with Gasteiger partial charge in [-0.15, -0.1) is 10.2 Å². The van der Waals surface area contributed by atoms with Crippen LogP contribution in [0.1, 0.15) is 50.6 Å². The zero-order valence-electron chi connectivity index (χ0n) is 18.9. The van der Waals surface area contributed by atoms with Crippen LogP contribution < -0.4 is 5.32 Å². The molecule has 33 heavy (non-hydrogen) atoms. The molecule has 2 atom stereocenters. The average Bonchev–Trinajstić information content (AvgIpc) is 3.26. The summed E-state index contributed by atoms with van der Waals surface area (Å²) in [6.45, 7) is 7.89. The molecule has 1 saturated carbocycles. The third-order valence-corrected chi connectivity index (χ3v) is 7.01. The van der Waals surface area contributed by atoms with Crippen molar-refractivity contribution in [1.29, 1.82) is 5.26 Å². The van der Waals surface area contributed by atoms with Gasteiger partial charge in [-0.25, -0.2) is 4.52 Å². The molecule has 4 aromatic rings. The Morgan fingerprint density at radius 3 is 2.76 bits per heavy atom. The van der Waals surface area contributed by atoms with Crippen LogP contribution in [0.25, 0.3) is 27.5 Å². The summed E-state index contributed by atoms with van der Waals surface area (Å²) in [7, 11) is 0. The Hall–Kier alpha value is -3.35. The minimum Gasteiger partial charge on any atom is -0.390 e. The number of anilines is 1. The predicted molar refractivity (Wildman–Crippen MR) is 128 cm³/mol. The van der Waals surface area contributed by atoms with Crippen LogP contribution >= 0.6 is 11.3 Å². The third-order valence-electron chi connectivity index (χ3n) is 5.93. The van der Waals surface area contributed by atoms with Crippen LogP contribution in [0.15, 0.2) is 36.7 Å². The summed E-state index contributed by atoms with van der Waals surface area (Å²) in [6.07, 6.45) is 4.32. The number of nitrogens with zero attached hydrogens (tertiary/aromatic N) is 6. The molecule has 1 aliphatic carbocycles. The van der Waals surface area contributed by atoms with Crippen molar-refractivity contribution in [2.75, 3.05) is 5.32 Å². The average molecular weight is 460 g/mol. The van der Waals surface area contributed by atoms with Gasteiger partial charge in [-0.3, -0.25) is 4.98 Å². The van der Waals surface area contributed by atoms with Crippen molar-refractivity contribution in [2.45, 2.75) is 51.7 Å². The summed E-state index contributed by atoms with van der Waals surface area (Å²) in [5, 5.41) is 38.0. The van der Waals surface area contributed by atoms with Crippen LogP contribution in [0.4, 0.5) is 5.69 Å². The van der Waals surface area contributed by atoms with Gasteiger partial charge in [0.15, 0.2) is 5.01 Å². The standard InChI is InChI=1S/C24H25N7OS/c1-13(2)28-19-9-20(21-6-5-15-7-14(10-25)11-27-31(15)21)26-12-17(19)23-30-29-22(33-23)16-8-18(16)24(3,4)32/h5-7,9,11-13,16,18,32H,8H2,1-4H3,(H,26,28)/t16-,18-/m1/s1. The summed E-state index contributed by atoms with van der Waals surface area (Å²) in [4.78, 5) is 4.72. The molecule has 1 fully saturated rings. The summed E-state index contributed by atoms with van der Waals surface area (Å²) in [6, 6.07) is 10.0. The van der Waals surface area contributed by atoms with Crippen molar-refractivity contribution < 1.29 is 5.11 Å². The first-order valence-corrected chi connectivity index (χ1v) is 11.8. The van der Waals surface area contributed by atoms with Gasteiger partial charge in [-0.1, -0.05) is 11.3 Å². The molecular weight excluding hydrogens is 434 g/mol. The normalized spacial score (nSPS) is 18.0. The second kappa shape index (κ2) is 7.90. The Kier molecular flexibility index (Phi) is 5.15. The molecule has 0 saturated heterocycles. The Labute approximate surface area is 195 Å². The maximum Gasteiger partial charge on any atom is 0.151 e. The fraction of sp³-hybridized carbons (Fsp3) is 0.375. The van der Waals surface area contributed by atoms with Crippen LogP contribution in [0.2, 0.25) is 0 Å². The molecule has 1 aliphatic rings. The van der Waals surface area contributed by atoms with Gasteiger partial charge in [0.25, 0.3) is 0 Å². The molecule has 2 N–H and O–H groups in total. The van der Waals surface area contributed by atoms with E-state index in [0.29, 0.717) is 5.56 Å².